The molecule has 0 amide bonds. The van der Waals surface area contributed by atoms with Crippen LogP contribution in [0.1, 0.15) is 11.1 Å². The summed E-state index contributed by atoms with van der Waals surface area (Å²) in [5.41, 5.74) is 1.79. The van der Waals surface area contributed by atoms with Gasteiger partial charge >= 0.3 is 0 Å². The molecule has 0 aliphatic carbocycles. The van der Waals surface area contributed by atoms with Crippen molar-refractivity contribution < 1.29 is 4.39 Å². The molecule has 5 heteroatoms. The third kappa shape index (κ3) is 3.00. The highest BCUT2D eigenvalue weighted by Gasteiger charge is 2.05. The summed E-state index contributed by atoms with van der Waals surface area (Å²) in [5, 5.41) is 0. The number of hydrogen-bond acceptors (Lipinski definition) is 1. The van der Waals surface area contributed by atoms with Crippen molar-refractivity contribution in [3.05, 3.63) is 65.8 Å². The molecule has 2 rings (SSSR count). The molecule has 2 aromatic rings. The lowest BCUT2D eigenvalue weighted by molar-refractivity contribution is 0.624. The van der Waals surface area contributed by atoms with Gasteiger partial charge in [-0.3, -0.25) is 4.79 Å². The third-order valence-electron chi connectivity index (χ3n) is 2.62. The molecule has 1 aromatic carbocycles. The van der Waals surface area contributed by atoms with Gasteiger partial charge in [0.05, 0.1) is 6.54 Å². The summed E-state index contributed by atoms with van der Waals surface area (Å²) in [6.07, 6.45) is 1.81. The van der Waals surface area contributed by atoms with Crippen LogP contribution in [0.15, 0.2) is 39.7 Å². The second-order valence-electron chi connectivity index (χ2n) is 4.01. The van der Waals surface area contributed by atoms with Gasteiger partial charge in [0.1, 0.15) is 5.82 Å². The zero-order valence-corrected chi connectivity index (χ0v) is 13.3. The number of benzene rings is 1. The van der Waals surface area contributed by atoms with Crippen LogP contribution in [0.5, 0.6) is 0 Å². The number of aryl methyl sites for hydroxylation is 1. The van der Waals surface area contributed by atoms with Crippen molar-refractivity contribution >= 4 is 38.5 Å². The Balaban J connectivity index is 2.40. The maximum absolute atomic E-state index is 13.0. The highest BCUT2D eigenvalue weighted by Crippen LogP contribution is 2.19. The Morgan fingerprint density at radius 1 is 1.39 bits per heavy atom. The molecule has 0 spiro atoms. The van der Waals surface area contributed by atoms with Gasteiger partial charge in [-0.05, 0) is 52.8 Å². The van der Waals surface area contributed by atoms with E-state index in [1.54, 1.807) is 16.7 Å². The molecule has 0 radical (unpaired) electrons. The lowest BCUT2D eigenvalue weighted by Gasteiger charge is -2.09. The molecule has 0 saturated carbocycles. The minimum atomic E-state index is -0.295. The second-order valence-corrected chi connectivity index (χ2v) is 6.02. The van der Waals surface area contributed by atoms with E-state index in [2.05, 4.69) is 38.5 Å². The Bertz CT molecular complexity index is 654. The first-order valence-corrected chi connectivity index (χ1v) is 7.15. The molecule has 18 heavy (non-hydrogen) atoms. The van der Waals surface area contributed by atoms with E-state index < -0.39 is 0 Å². The van der Waals surface area contributed by atoms with E-state index in [0.717, 1.165) is 14.7 Å². The van der Waals surface area contributed by atoms with Crippen LogP contribution < -0.4 is 5.56 Å². The fraction of sp³-hybridized carbons (Fsp3) is 0.154. The Hall–Kier alpha value is -0.690. The number of aromatic nitrogens is 1. The van der Waals surface area contributed by atoms with Gasteiger partial charge < -0.3 is 4.57 Å². The number of pyridine rings is 1. The van der Waals surface area contributed by atoms with Crippen LogP contribution in [0.3, 0.4) is 0 Å². The molecule has 0 unspecified atom stereocenters. The van der Waals surface area contributed by atoms with E-state index in [4.69, 9.17) is 0 Å². The standard InChI is InChI=1S/C13H10BrFINO/c1-8-4-13(18)17(7-12(8)16)6-9-2-3-10(15)5-11(9)14/h2-5,7H,6H2,1H3. The van der Waals surface area contributed by atoms with E-state index in [1.807, 2.05) is 13.1 Å². The second kappa shape index (κ2) is 5.52. The van der Waals surface area contributed by atoms with E-state index in [9.17, 15) is 9.18 Å². The minimum absolute atomic E-state index is 0.0517. The van der Waals surface area contributed by atoms with Gasteiger partial charge in [0.25, 0.3) is 5.56 Å². The van der Waals surface area contributed by atoms with Crippen molar-refractivity contribution in [3.8, 4) is 0 Å². The van der Waals surface area contributed by atoms with Gasteiger partial charge in [-0.1, -0.05) is 22.0 Å². The van der Waals surface area contributed by atoms with Crippen LogP contribution in [0.25, 0.3) is 0 Å². The lowest BCUT2D eigenvalue weighted by atomic mass is 10.2. The number of halogens is 3. The summed E-state index contributed by atoms with van der Waals surface area (Å²) >= 11 is 5.50. The summed E-state index contributed by atoms with van der Waals surface area (Å²) in [5.74, 6) is -0.295. The third-order valence-corrected chi connectivity index (χ3v) is 4.49. The Kier molecular flexibility index (Phi) is 4.21. The Morgan fingerprint density at radius 2 is 2.11 bits per heavy atom. The predicted molar refractivity (Wildman–Crippen MR) is 81.4 cm³/mol. The highest BCUT2D eigenvalue weighted by molar-refractivity contribution is 14.1. The molecule has 1 aromatic heterocycles. The number of nitrogens with zero attached hydrogens (tertiary/aromatic N) is 1. The van der Waals surface area contributed by atoms with Crippen LogP contribution in [-0.4, -0.2) is 4.57 Å². The average Bonchev–Trinajstić information content (AvgIpc) is 2.29. The minimum Gasteiger partial charge on any atom is -0.310 e. The van der Waals surface area contributed by atoms with Gasteiger partial charge in [0.2, 0.25) is 0 Å². The van der Waals surface area contributed by atoms with Crippen molar-refractivity contribution in [3.63, 3.8) is 0 Å². The first kappa shape index (κ1) is 13.7. The van der Waals surface area contributed by atoms with Crippen LogP contribution in [0.2, 0.25) is 0 Å². The molecule has 0 N–H and O–H groups in total. The van der Waals surface area contributed by atoms with Crippen LogP contribution >= 0.6 is 38.5 Å². The van der Waals surface area contributed by atoms with Crippen molar-refractivity contribution in [2.24, 2.45) is 0 Å². The van der Waals surface area contributed by atoms with E-state index in [1.165, 1.54) is 12.1 Å². The first-order chi connectivity index (χ1) is 8.47. The zero-order valence-electron chi connectivity index (χ0n) is 9.58. The van der Waals surface area contributed by atoms with Gasteiger partial charge in [0, 0.05) is 20.3 Å². The van der Waals surface area contributed by atoms with E-state index in [-0.39, 0.29) is 11.4 Å². The number of rotatable bonds is 2. The van der Waals surface area contributed by atoms with Gasteiger partial charge in [-0.15, -0.1) is 0 Å². The molecule has 94 valence electrons. The molecule has 0 atom stereocenters. The van der Waals surface area contributed by atoms with Crippen molar-refractivity contribution in [1.29, 1.82) is 0 Å². The van der Waals surface area contributed by atoms with Gasteiger partial charge in [-0.25, -0.2) is 4.39 Å². The maximum atomic E-state index is 13.0. The molecule has 0 aliphatic rings. The van der Waals surface area contributed by atoms with Gasteiger partial charge in [-0.2, -0.15) is 0 Å². The average molecular weight is 422 g/mol. The molecule has 2 nitrogen and oxygen atoms in total. The Morgan fingerprint density at radius 3 is 2.78 bits per heavy atom. The first-order valence-electron chi connectivity index (χ1n) is 5.28. The molecular formula is C13H10BrFINO. The van der Waals surface area contributed by atoms with Crippen molar-refractivity contribution in [2.75, 3.05) is 0 Å². The lowest BCUT2D eigenvalue weighted by Crippen LogP contribution is -2.20. The molecule has 1 heterocycles. The molecule has 0 fully saturated rings. The van der Waals surface area contributed by atoms with Crippen LogP contribution in [0, 0.1) is 16.3 Å². The fourth-order valence-electron chi connectivity index (χ4n) is 1.60. The monoisotopic (exact) mass is 421 g/mol. The smallest absolute Gasteiger partial charge is 0.251 e. The topological polar surface area (TPSA) is 22.0 Å². The number of hydrogen-bond donors (Lipinski definition) is 0. The predicted octanol–water partition coefficient (Wildman–Crippen LogP) is 3.71. The quantitative estimate of drug-likeness (QED) is 0.677. The van der Waals surface area contributed by atoms with Crippen molar-refractivity contribution in [2.45, 2.75) is 13.5 Å². The van der Waals surface area contributed by atoms with Gasteiger partial charge in [0.15, 0.2) is 0 Å². The van der Waals surface area contributed by atoms with E-state index >= 15 is 0 Å². The summed E-state index contributed by atoms with van der Waals surface area (Å²) < 4.78 is 16.3. The summed E-state index contributed by atoms with van der Waals surface area (Å²) in [4.78, 5) is 11.8. The Labute approximate surface area is 126 Å². The molecule has 0 bridgehead atoms. The fourth-order valence-corrected chi connectivity index (χ4v) is 2.56. The molecule has 0 saturated heterocycles. The highest BCUT2D eigenvalue weighted by atomic mass is 127. The summed E-state index contributed by atoms with van der Waals surface area (Å²) in [6.45, 7) is 2.33. The summed E-state index contributed by atoms with van der Waals surface area (Å²) in [6, 6.07) is 6.08. The SMILES string of the molecule is Cc1cc(=O)n(Cc2ccc(F)cc2Br)cc1I. The maximum Gasteiger partial charge on any atom is 0.251 e. The largest absolute Gasteiger partial charge is 0.310 e. The van der Waals surface area contributed by atoms with Crippen LogP contribution in [0.4, 0.5) is 4.39 Å². The summed E-state index contributed by atoms with van der Waals surface area (Å²) in [7, 11) is 0. The van der Waals surface area contributed by atoms with Crippen LogP contribution in [-0.2, 0) is 6.54 Å². The van der Waals surface area contributed by atoms with E-state index in [0.29, 0.717) is 11.0 Å². The molecular weight excluding hydrogens is 412 g/mol. The normalized spacial score (nSPS) is 10.7. The molecule has 0 aliphatic heterocycles. The van der Waals surface area contributed by atoms with Crippen molar-refractivity contribution in [1.82, 2.24) is 4.57 Å². The zero-order chi connectivity index (χ0) is 13.3.